The number of halogens is 5. The van der Waals surface area contributed by atoms with Gasteiger partial charge in [0.1, 0.15) is 0 Å². The molecule has 0 spiro atoms. The van der Waals surface area contributed by atoms with Crippen LogP contribution < -0.4 is 0 Å². The molecule has 0 fully saturated rings. The van der Waals surface area contributed by atoms with Crippen LogP contribution in [0.2, 0.25) is 10.0 Å². The average molecular weight is 320 g/mol. The van der Waals surface area contributed by atoms with Gasteiger partial charge in [0.05, 0.1) is 21.2 Å². The number of benzene rings is 1. The van der Waals surface area contributed by atoms with E-state index in [0.717, 1.165) is 18.5 Å². The van der Waals surface area contributed by atoms with Crippen molar-refractivity contribution in [3.8, 4) is 0 Å². The third-order valence-electron chi connectivity index (χ3n) is 2.57. The predicted octanol–water partition coefficient (Wildman–Crippen LogP) is 4.64. The lowest BCUT2D eigenvalue weighted by Gasteiger charge is -2.12. The Kier molecular flexibility index (Phi) is 4.01. The highest BCUT2D eigenvalue weighted by atomic mass is 35.5. The summed E-state index contributed by atoms with van der Waals surface area (Å²) in [5.74, 6) is -0.877. The minimum atomic E-state index is -4.65. The zero-order chi connectivity index (χ0) is 14.9. The lowest BCUT2D eigenvalue weighted by molar-refractivity contribution is -0.137. The molecule has 0 N–H and O–H groups in total. The molecule has 7 heteroatoms. The Bertz CT molecular complexity index is 671. The van der Waals surface area contributed by atoms with Crippen LogP contribution in [0.5, 0.6) is 0 Å². The van der Waals surface area contributed by atoms with Gasteiger partial charge in [-0.15, -0.1) is 0 Å². The van der Waals surface area contributed by atoms with Gasteiger partial charge in [0.15, 0.2) is 5.78 Å². The molecule has 2 aromatic rings. The number of ketones is 1. The summed E-state index contributed by atoms with van der Waals surface area (Å²) in [5.41, 5.74) is -1.73. The second kappa shape index (κ2) is 5.42. The highest BCUT2D eigenvalue weighted by molar-refractivity contribution is 6.44. The molecule has 0 radical (unpaired) electrons. The van der Waals surface area contributed by atoms with Crippen molar-refractivity contribution in [3.63, 3.8) is 0 Å². The predicted molar refractivity (Wildman–Crippen MR) is 69.1 cm³/mol. The first-order valence-corrected chi connectivity index (χ1v) is 6.08. The zero-order valence-electron chi connectivity index (χ0n) is 9.71. The smallest absolute Gasteiger partial charge is 0.288 e. The largest absolute Gasteiger partial charge is 0.417 e. The van der Waals surface area contributed by atoms with Crippen LogP contribution in [0.15, 0.2) is 36.7 Å². The minimum Gasteiger partial charge on any atom is -0.288 e. The first kappa shape index (κ1) is 14.8. The summed E-state index contributed by atoms with van der Waals surface area (Å²) in [7, 11) is 0. The van der Waals surface area contributed by atoms with Gasteiger partial charge in [-0.2, -0.15) is 13.2 Å². The second-order valence-electron chi connectivity index (χ2n) is 3.85. The number of pyridine rings is 1. The zero-order valence-corrected chi connectivity index (χ0v) is 11.2. The normalized spacial score (nSPS) is 11.4. The van der Waals surface area contributed by atoms with Crippen molar-refractivity contribution in [1.82, 2.24) is 4.98 Å². The van der Waals surface area contributed by atoms with E-state index in [1.165, 1.54) is 18.2 Å². The molecule has 0 aliphatic rings. The molecule has 1 heterocycles. The highest BCUT2D eigenvalue weighted by Crippen LogP contribution is 2.34. The summed E-state index contributed by atoms with van der Waals surface area (Å²) in [6, 6.07) is 4.93. The first-order chi connectivity index (χ1) is 9.32. The fourth-order valence-electron chi connectivity index (χ4n) is 1.65. The minimum absolute atomic E-state index is 0.0869. The van der Waals surface area contributed by atoms with E-state index in [1.54, 1.807) is 0 Å². The van der Waals surface area contributed by atoms with E-state index in [0.29, 0.717) is 0 Å². The van der Waals surface area contributed by atoms with Crippen LogP contribution in [0.25, 0.3) is 0 Å². The molecule has 0 saturated heterocycles. The summed E-state index contributed by atoms with van der Waals surface area (Å²) in [6.45, 7) is 0. The van der Waals surface area contributed by atoms with Crippen molar-refractivity contribution in [2.75, 3.05) is 0 Å². The number of hydrogen-bond acceptors (Lipinski definition) is 2. The number of aromatic nitrogens is 1. The van der Waals surface area contributed by atoms with Gasteiger partial charge in [-0.3, -0.25) is 9.78 Å². The van der Waals surface area contributed by atoms with Crippen LogP contribution in [0.1, 0.15) is 21.5 Å². The Morgan fingerprint density at radius 1 is 1.10 bits per heavy atom. The maximum Gasteiger partial charge on any atom is 0.417 e. The molecule has 1 aromatic carbocycles. The van der Waals surface area contributed by atoms with E-state index in [2.05, 4.69) is 4.98 Å². The van der Waals surface area contributed by atoms with Gasteiger partial charge >= 0.3 is 6.18 Å². The van der Waals surface area contributed by atoms with E-state index in [-0.39, 0.29) is 15.6 Å². The third-order valence-corrected chi connectivity index (χ3v) is 3.39. The number of hydrogen-bond donors (Lipinski definition) is 0. The van der Waals surface area contributed by atoms with E-state index in [1.807, 2.05) is 0 Å². The maximum atomic E-state index is 12.9. The lowest BCUT2D eigenvalue weighted by Crippen LogP contribution is -2.14. The SMILES string of the molecule is O=C(c1cnccc1C(F)(F)F)c1cccc(Cl)c1Cl. The Morgan fingerprint density at radius 3 is 2.45 bits per heavy atom. The maximum absolute atomic E-state index is 12.9. The average Bonchev–Trinajstić information content (AvgIpc) is 2.40. The van der Waals surface area contributed by atoms with Gasteiger partial charge in [0.25, 0.3) is 0 Å². The number of rotatable bonds is 2. The first-order valence-electron chi connectivity index (χ1n) is 5.32. The van der Waals surface area contributed by atoms with Crippen molar-refractivity contribution in [2.45, 2.75) is 6.18 Å². The Hall–Kier alpha value is -1.59. The molecule has 0 amide bonds. The lowest BCUT2D eigenvalue weighted by atomic mass is 10.00. The fourth-order valence-corrected chi connectivity index (χ4v) is 2.03. The molecule has 104 valence electrons. The number of carbonyl (C=O) groups excluding carboxylic acids is 1. The molecule has 0 unspecified atom stereocenters. The summed E-state index contributed by atoms with van der Waals surface area (Å²) in [4.78, 5) is 15.8. The Labute approximate surface area is 122 Å². The van der Waals surface area contributed by atoms with Gasteiger partial charge in [-0.25, -0.2) is 0 Å². The fraction of sp³-hybridized carbons (Fsp3) is 0.0769. The van der Waals surface area contributed by atoms with Crippen LogP contribution in [-0.2, 0) is 6.18 Å². The van der Waals surface area contributed by atoms with Gasteiger partial charge < -0.3 is 0 Å². The van der Waals surface area contributed by atoms with Crippen molar-refractivity contribution in [1.29, 1.82) is 0 Å². The molecule has 0 bridgehead atoms. The van der Waals surface area contributed by atoms with Crippen molar-refractivity contribution < 1.29 is 18.0 Å². The number of nitrogens with zero attached hydrogens (tertiary/aromatic N) is 1. The van der Waals surface area contributed by atoms with Crippen LogP contribution in [0.4, 0.5) is 13.2 Å². The van der Waals surface area contributed by atoms with Crippen LogP contribution in [0, 0.1) is 0 Å². The number of carbonyl (C=O) groups is 1. The quantitative estimate of drug-likeness (QED) is 0.755. The van der Waals surface area contributed by atoms with Gasteiger partial charge in [0.2, 0.25) is 0 Å². The Morgan fingerprint density at radius 2 is 1.80 bits per heavy atom. The summed E-state index contributed by atoms with van der Waals surface area (Å²) in [6.07, 6.45) is -2.82. The summed E-state index contributed by atoms with van der Waals surface area (Å²) >= 11 is 11.6. The van der Waals surface area contributed by atoms with E-state index in [9.17, 15) is 18.0 Å². The molecule has 0 aliphatic carbocycles. The monoisotopic (exact) mass is 319 g/mol. The van der Waals surface area contributed by atoms with Crippen molar-refractivity contribution in [2.24, 2.45) is 0 Å². The second-order valence-corrected chi connectivity index (χ2v) is 4.63. The van der Waals surface area contributed by atoms with Crippen LogP contribution in [-0.4, -0.2) is 10.8 Å². The topological polar surface area (TPSA) is 30.0 Å². The third kappa shape index (κ3) is 2.78. The van der Waals surface area contributed by atoms with E-state index < -0.39 is 23.1 Å². The van der Waals surface area contributed by atoms with Crippen LogP contribution in [0.3, 0.4) is 0 Å². The van der Waals surface area contributed by atoms with Gasteiger partial charge in [0, 0.05) is 18.0 Å². The standard InChI is InChI=1S/C13H6Cl2F3NO/c14-10-3-1-2-7(11(10)15)12(20)8-6-19-5-4-9(8)13(16,17)18/h1-6H. The van der Waals surface area contributed by atoms with Crippen molar-refractivity contribution in [3.05, 3.63) is 63.4 Å². The summed E-state index contributed by atoms with van der Waals surface area (Å²) in [5, 5.41) is 0.00566. The highest BCUT2D eigenvalue weighted by Gasteiger charge is 2.35. The van der Waals surface area contributed by atoms with Crippen LogP contribution >= 0.6 is 23.2 Å². The Balaban J connectivity index is 2.58. The van der Waals surface area contributed by atoms with Gasteiger partial charge in [-0.05, 0) is 18.2 Å². The molecule has 20 heavy (non-hydrogen) atoms. The van der Waals surface area contributed by atoms with Crippen molar-refractivity contribution >= 4 is 29.0 Å². The van der Waals surface area contributed by atoms with Gasteiger partial charge in [-0.1, -0.05) is 29.3 Å². The van der Waals surface area contributed by atoms with E-state index in [4.69, 9.17) is 23.2 Å². The molecule has 2 rings (SSSR count). The molecule has 0 atom stereocenters. The molecular formula is C13H6Cl2F3NO. The molecule has 0 saturated carbocycles. The molecular weight excluding hydrogens is 314 g/mol. The molecule has 0 aliphatic heterocycles. The summed E-state index contributed by atoms with van der Waals surface area (Å²) < 4.78 is 38.6. The van der Waals surface area contributed by atoms with E-state index >= 15 is 0 Å². The molecule has 1 aromatic heterocycles. The number of alkyl halides is 3. The molecule has 2 nitrogen and oxygen atoms in total.